The van der Waals surface area contributed by atoms with Gasteiger partial charge in [-0.1, -0.05) is 0 Å². The number of aromatic amines is 1. The SMILES string of the molecule is O=c1[nH]c2nc(Br)ccc2o1. The maximum absolute atomic E-state index is 10.6. The van der Waals surface area contributed by atoms with Crippen LogP contribution >= 0.6 is 15.9 Å². The number of hydrogen-bond donors (Lipinski definition) is 1. The van der Waals surface area contributed by atoms with Crippen molar-refractivity contribution in [2.45, 2.75) is 0 Å². The van der Waals surface area contributed by atoms with Crippen LogP contribution < -0.4 is 5.76 Å². The summed E-state index contributed by atoms with van der Waals surface area (Å²) in [4.78, 5) is 17.0. The van der Waals surface area contributed by atoms with E-state index in [-0.39, 0.29) is 0 Å². The molecule has 0 aliphatic rings. The van der Waals surface area contributed by atoms with Gasteiger partial charge >= 0.3 is 5.76 Å². The number of nitrogens with zero attached hydrogens (tertiary/aromatic N) is 1. The second kappa shape index (κ2) is 2.20. The number of rotatable bonds is 0. The van der Waals surface area contributed by atoms with Crippen LogP contribution in [0.4, 0.5) is 0 Å². The molecule has 0 saturated carbocycles. The molecule has 0 unspecified atom stereocenters. The Morgan fingerprint density at radius 1 is 1.55 bits per heavy atom. The van der Waals surface area contributed by atoms with Gasteiger partial charge in [-0.25, -0.2) is 9.78 Å². The second-order valence-electron chi connectivity index (χ2n) is 2.00. The lowest BCUT2D eigenvalue weighted by Gasteiger charge is -1.85. The van der Waals surface area contributed by atoms with Gasteiger partial charge in [0, 0.05) is 0 Å². The average Bonchev–Trinajstić information content (AvgIpc) is 2.27. The van der Waals surface area contributed by atoms with Crippen molar-refractivity contribution in [1.29, 1.82) is 0 Å². The first-order valence-corrected chi connectivity index (χ1v) is 3.70. The zero-order valence-corrected chi connectivity index (χ0v) is 6.88. The first-order valence-electron chi connectivity index (χ1n) is 2.91. The predicted molar refractivity (Wildman–Crippen MR) is 42.3 cm³/mol. The Balaban J connectivity index is 2.92. The third-order valence-electron chi connectivity index (χ3n) is 1.25. The number of H-pyrrole nitrogens is 1. The van der Waals surface area contributed by atoms with Gasteiger partial charge in [-0.15, -0.1) is 0 Å². The summed E-state index contributed by atoms with van der Waals surface area (Å²) in [5, 5.41) is 0. The van der Waals surface area contributed by atoms with Crippen molar-refractivity contribution in [1.82, 2.24) is 9.97 Å². The molecule has 0 amide bonds. The van der Waals surface area contributed by atoms with E-state index in [1.54, 1.807) is 12.1 Å². The molecule has 1 N–H and O–H groups in total. The number of nitrogens with one attached hydrogen (secondary N) is 1. The molecule has 2 heterocycles. The van der Waals surface area contributed by atoms with E-state index < -0.39 is 5.76 Å². The minimum atomic E-state index is -0.481. The molecule has 0 radical (unpaired) electrons. The van der Waals surface area contributed by atoms with Crippen LogP contribution in [0.15, 0.2) is 25.9 Å². The molecule has 0 atom stereocenters. The molecule has 0 aromatic carbocycles. The molecule has 11 heavy (non-hydrogen) atoms. The van der Waals surface area contributed by atoms with Crippen molar-refractivity contribution in [2.75, 3.05) is 0 Å². The largest absolute Gasteiger partial charge is 0.418 e. The topological polar surface area (TPSA) is 58.9 Å². The monoisotopic (exact) mass is 214 g/mol. The Morgan fingerprint density at radius 3 is 3.18 bits per heavy atom. The lowest BCUT2D eigenvalue weighted by molar-refractivity contribution is 0.555. The highest BCUT2D eigenvalue weighted by Gasteiger charge is 2.00. The van der Waals surface area contributed by atoms with E-state index in [2.05, 4.69) is 25.9 Å². The lowest BCUT2D eigenvalue weighted by Crippen LogP contribution is -1.93. The van der Waals surface area contributed by atoms with E-state index in [4.69, 9.17) is 4.42 Å². The van der Waals surface area contributed by atoms with E-state index in [1.807, 2.05) is 0 Å². The fourth-order valence-electron chi connectivity index (χ4n) is 0.817. The van der Waals surface area contributed by atoms with Crippen molar-refractivity contribution in [2.24, 2.45) is 0 Å². The fraction of sp³-hybridized carbons (Fsp3) is 0. The van der Waals surface area contributed by atoms with Gasteiger partial charge < -0.3 is 4.42 Å². The summed E-state index contributed by atoms with van der Waals surface area (Å²) in [6.45, 7) is 0. The molecule has 0 aliphatic carbocycles. The van der Waals surface area contributed by atoms with Gasteiger partial charge in [-0.05, 0) is 28.1 Å². The first-order chi connectivity index (χ1) is 5.25. The predicted octanol–water partition coefficient (Wildman–Crippen LogP) is 1.28. The Bertz CT molecular complexity index is 445. The molecule has 2 rings (SSSR count). The number of pyridine rings is 1. The highest BCUT2D eigenvalue weighted by Crippen LogP contribution is 2.11. The minimum absolute atomic E-state index is 0.462. The number of aromatic nitrogens is 2. The Kier molecular flexibility index (Phi) is 1.32. The third kappa shape index (κ3) is 1.07. The van der Waals surface area contributed by atoms with Crippen LogP contribution in [0.3, 0.4) is 0 Å². The fourth-order valence-corrected chi connectivity index (χ4v) is 1.13. The highest BCUT2D eigenvalue weighted by atomic mass is 79.9. The maximum atomic E-state index is 10.6. The van der Waals surface area contributed by atoms with E-state index in [1.165, 1.54) is 0 Å². The normalized spacial score (nSPS) is 10.6. The Hall–Kier alpha value is -1.10. The quantitative estimate of drug-likeness (QED) is 0.673. The molecular weight excluding hydrogens is 212 g/mol. The summed E-state index contributed by atoms with van der Waals surface area (Å²) in [5.41, 5.74) is 0.933. The van der Waals surface area contributed by atoms with Crippen LogP contribution in [0.1, 0.15) is 0 Å². The van der Waals surface area contributed by atoms with E-state index >= 15 is 0 Å². The Morgan fingerprint density at radius 2 is 2.36 bits per heavy atom. The van der Waals surface area contributed by atoms with E-state index in [0.29, 0.717) is 15.8 Å². The average molecular weight is 215 g/mol. The van der Waals surface area contributed by atoms with Gasteiger partial charge in [-0.2, -0.15) is 0 Å². The minimum Gasteiger partial charge on any atom is -0.406 e. The van der Waals surface area contributed by atoms with Crippen LogP contribution in [0.25, 0.3) is 11.2 Å². The molecular formula is C6H3BrN2O2. The standard InChI is InChI=1S/C6H3BrN2O2/c7-4-2-1-3-5(8-4)9-6(10)11-3/h1-2H,(H,8,9,10). The summed E-state index contributed by atoms with van der Waals surface area (Å²) in [6, 6.07) is 3.38. The van der Waals surface area contributed by atoms with Gasteiger partial charge in [0.15, 0.2) is 11.2 Å². The van der Waals surface area contributed by atoms with Crippen molar-refractivity contribution in [3.8, 4) is 0 Å². The van der Waals surface area contributed by atoms with Crippen molar-refractivity contribution < 1.29 is 4.42 Å². The molecule has 0 spiro atoms. The Labute approximate surface area is 69.4 Å². The summed E-state index contributed by atoms with van der Waals surface area (Å²) >= 11 is 3.17. The van der Waals surface area contributed by atoms with Crippen LogP contribution in [0.5, 0.6) is 0 Å². The number of hydrogen-bond acceptors (Lipinski definition) is 3. The van der Waals surface area contributed by atoms with Crippen molar-refractivity contribution >= 4 is 27.2 Å². The molecule has 56 valence electrons. The van der Waals surface area contributed by atoms with Gasteiger partial charge in [0.25, 0.3) is 0 Å². The number of halogens is 1. The summed E-state index contributed by atoms with van der Waals surface area (Å²) < 4.78 is 5.40. The summed E-state index contributed by atoms with van der Waals surface area (Å²) in [7, 11) is 0. The molecule has 5 heteroatoms. The zero-order valence-electron chi connectivity index (χ0n) is 5.30. The molecule has 2 aromatic heterocycles. The third-order valence-corrected chi connectivity index (χ3v) is 1.69. The summed E-state index contributed by atoms with van der Waals surface area (Å²) in [6.07, 6.45) is 0. The second-order valence-corrected chi connectivity index (χ2v) is 2.81. The van der Waals surface area contributed by atoms with Crippen molar-refractivity contribution in [3.63, 3.8) is 0 Å². The highest BCUT2D eigenvalue weighted by molar-refractivity contribution is 9.10. The molecule has 0 bridgehead atoms. The van der Waals surface area contributed by atoms with Gasteiger partial charge in [-0.3, -0.25) is 4.98 Å². The van der Waals surface area contributed by atoms with Crippen LogP contribution in [-0.2, 0) is 0 Å². The number of fused-ring (bicyclic) bond motifs is 1. The molecule has 2 aromatic rings. The van der Waals surface area contributed by atoms with Gasteiger partial charge in [0.2, 0.25) is 0 Å². The van der Waals surface area contributed by atoms with E-state index in [0.717, 1.165) is 0 Å². The van der Waals surface area contributed by atoms with Gasteiger partial charge in [0.05, 0.1) is 0 Å². The van der Waals surface area contributed by atoms with Gasteiger partial charge in [0.1, 0.15) is 4.60 Å². The lowest BCUT2D eigenvalue weighted by atomic mass is 10.5. The molecule has 0 fully saturated rings. The molecule has 4 nitrogen and oxygen atoms in total. The van der Waals surface area contributed by atoms with E-state index in [9.17, 15) is 4.79 Å². The smallest absolute Gasteiger partial charge is 0.406 e. The zero-order chi connectivity index (χ0) is 7.84. The van der Waals surface area contributed by atoms with Crippen LogP contribution in [0.2, 0.25) is 0 Å². The number of oxazole rings is 1. The molecule has 0 aliphatic heterocycles. The van der Waals surface area contributed by atoms with Crippen LogP contribution in [0, 0.1) is 0 Å². The maximum Gasteiger partial charge on any atom is 0.418 e. The summed E-state index contributed by atoms with van der Waals surface area (Å²) in [5.74, 6) is -0.481. The van der Waals surface area contributed by atoms with Crippen LogP contribution in [-0.4, -0.2) is 9.97 Å². The first kappa shape index (κ1) is 6.60. The molecule has 0 saturated heterocycles. The van der Waals surface area contributed by atoms with Crippen molar-refractivity contribution in [3.05, 3.63) is 27.3 Å².